The fourth-order valence-electron chi connectivity index (χ4n) is 2.06. The van der Waals surface area contributed by atoms with Gasteiger partial charge < -0.3 is 21.6 Å². The van der Waals surface area contributed by atoms with Gasteiger partial charge >= 0.3 is 6.03 Å². The molecular weight excluding hydrogens is 246 g/mol. The van der Waals surface area contributed by atoms with Gasteiger partial charge in [-0.05, 0) is 33.6 Å². The second kappa shape index (κ2) is 6.60. The van der Waals surface area contributed by atoms with Gasteiger partial charge in [-0.2, -0.15) is 0 Å². The number of nitrogens with zero attached hydrogens (tertiary/aromatic N) is 2. The SMILES string of the molecule is CC(C)(C)NC(=O)NC1CCN(CC(N)=NO)CC1. The van der Waals surface area contributed by atoms with E-state index in [9.17, 15) is 4.79 Å². The maximum atomic E-state index is 11.7. The molecule has 0 radical (unpaired) electrons. The highest BCUT2D eigenvalue weighted by Crippen LogP contribution is 2.10. The zero-order valence-electron chi connectivity index (χ0n) is 11.9. The van der Waals surface area contributed by atoms with Crippen molar-refractivity contribution in [2.24, 2.45) is 10.9 Å². The lowest BCUT2D eigenvalue weighted by atomic mass is 10.1. The van der Waals surface area contributed by atoms with Gasteiger partial charge in [-0.15, -0.1) is 0 Å². The number of nitrogens with two attached hydrogens (primary N) is 1. The van der Waals surface area contributed by atoms with Crippen molar-refractivity contribution in [3.05, 3.63) is 0 Å². The third kappa shape index (κ3) is 6.28. The molecule has 0 unspecified atom stereocenters. The quantitative estimate of drug-likeness (QED) is 0.256. The van der Waals surface area contributed by atoms with E-state index in [1.54, 1.807) is 0 Å². The molecule has 0 aromatic heterocycles. The number of rotatable bonds is 3. The lowest BCUT2D eigenvalue weighted by Crippen LogP contribution is -2.52. The maximum Gasteiger partial charge on any atom is 0.315 e. The van der Waals surface area contributed by atoms with Crippen LogP contribution in [0, 0.1) is 0 Å². The van der Waals surface area contributed by atoms with Crippen LogP contribution in [0.4, 0.5) is 4.79 Å². The number of hydrogen-bond acceptors (Lipinski definition) is 4. The normalized spacial score (nSPS) is 19.2. The number of piperidine rings is 1. The van der Waals surface area contributed by atoms with Crippen LogP contribution in [0.2, 0.25) is 0 Å². The molecule has 1 saturated heterocycles. The Hall–Kier alpha value is -1.50. The van der Waals surface area contributed by atoms with Crippen molar-refractivity contribution in [1.82, 2.24) is 15.5 Å². The number of hydrogen-bond donors (Lipinski definition) is 4. The average molecular weight is 271 g/mol. The van der Waals surface area contributed by atoms with Crippen LogP contribution in [0.1, 0.15) is 33.6 Å². The van der Waals surface area contributed by atoms with Crippen LogP contribution < -0.4 is 16.4 Å². The summed E-state index contributed by atoms with van der Waals surface area (Å²) in [6.07, 6.45) is 1.74. The topological polar surface area (TPSA) is 103 Å². The Labute approximate surface area is 114 Å². The Balaban J connectivity index is 2.29. The standard InChI is InChI=1S/C12H25N5O2/c1-12(2,3)15-11(18)14-9-4-6-17(7-5-9)8-10(13)16-19/h9,19H,4-8H2,1-3H3,(H2,13,16)(H2,14,15,18). The molecule has 0 aromatic carbocycles. The van der Waals surface area contributed by atoms with Crippen LogP contribution in [-0.2, 0) is 0 Å². The second-order valence-corrected chi connectivity index (χ2v) is 5.99. The summed E-state index contributed by atoms with van der Waals surface area (Å²) in [4.78, 5) is 13.8. The summed E-state index contributed by atoms with van der Waals surface area (Å²) in [6.45, 7) is 7.98. The summed E-state index contributed by atoms with van der Waals surface area (Å²) in [5.74, 6) is 0.219. The number of carbonyl (C=O) groups excluding carboxylic acids is 1. The molecule has 0 aliphatic carbocycles. The third-order valence-electron chi connectivity index (χ3n) is 2.93. The molecule has 1 heterocycles. The number of amidine groups is 1. The van der Waals surface area contributed by atoms with Crippen LogP contribution in [-0.4, -0.2) is 53.2 Å². The van der Waals surface area contributed by atoms with Gasteiger partial charge in [0.05, 0.1) is 6.54 Å². The molecule has 1 rings (SSSR count). The van der Waals surface area contributed by atoms with Crippen molar-refractivity contribution in [2.45, 2.75) is 45.2 Å². The zero-order chi connectivity index (χ0) is 14.5. The van der Waals surface area contributed by atoms with Crippen LogP contribution >= 0.6 is 0 Å². The van der Waals surface area contributed by atoms with E-state index in [4.69, 9.17) is 10.9 Å². The van der Waals surface area contributed by atoms with E-state index < -0.39 is 0 Å². The summed E-state index contributed by atoms with van der Waals surface area (Å²) in [5, 5.41) is 17.3. The highest BCUT2D eigenvalue weighted by molar-refractivity contribution is 5.81. The zero-order valence-corrected chi connectivity index (χ0v) is 11.9. The van der Waals surface area contributed by atoms with Gasteiger partial charge in [0.15, 0.2) is 5.84 Å². The van der Waals surface area contributed by atoms with Crippen molar-refractivity contribution in [3.63, 3.8) is 0 Å². The average Bonchev–Trinajstić information content (AvgIpc) is 2.29. The van der Waals surface area contributed by atoms with Gasteiger partial charge in [-0.1, -0.05) is 5.16 Å². The smallest absolute Gasteiger partial charge is 0.315 e. The maximum absolute atomic E-state index is 11.7. The van der Waals surface area contributed by atoms with Gasteiger partial charge in [0.1, 0.15) is 0 Å². The van der Waals surface area contributed by atoms with Crippen LogP contribution in [0.3, 0.4) is 0 Å². The van der Waals surface area contributed by atoms with Crippen molar-refractivity contribution < 1.29 is 10.0 Å². The van der Waals surface area contributed by atoms with Gasteiger partial charge in [-0.3, -0.25) is 4.90 Å². The van der Waals surface area contributed by atoms with Crippen molar-refractivity contribution in [3.8, 4) is 0 Å². The largest absolute Gasteiger partial charge is 0.409 e. The van der Waals surface area contributed by atoms with E-state index in [1.807, 2.05) is 20.8 Å². The molecule has 0 saturated carbocycles. The molecule has 5 N–H and O–H groups in total. The number of amides is 2. The molecule has 1 aliphatic heterocycles. The highest BCUT2D eigenvalue weighted by atomic mass is 16.4. The van der Waals surface area contributed by atoms with Gasteiger partial charge in [-0.25, -0.2) is 4.79 Å². The number of likely N-dealkylation sites (tertiary alicyclic amines) is 1. The molecule has 2 amide bonds. The lowest BCUT2D eigenvalue weighted by molar-refractivity contribution is 0.201. The highest BCUT2D eigenvalue weighted by Gasteiger charge is 2.22. The summed E-state index contributed by atoms with van der Waals surface area (Å²) in [7, 11) is 0. The first-order chi connectivity index (χ1) is 8.80. The minimum absolute atomic E-state index is 0.123. The fourth-order valence-corrected chi connectivity index (χ4v) is 2.06. The predicted octanol–water partition coefficient (Wildman–Crippen LogP) is 0.295. The first-order valence-corrected chi connectivity index (χ1v) is 6.57. The van der Waals surface area contributed by atoms with Gasteiger partial charge in [0.25, 0.3) is 0 Å². The van der Waals surface area contributed by atoms with Gasteiger partial charge in [0, 0.05) is 24.7 Å². The molecule has 7 nitrogen and oxygen atoms in total. The molecule has 1 fully saturated rings. The monoisotopic (exact) mass is 271 g/mol. The minimum atomic E-state index is -0.225. The second-order valence-electron chi connectivity index (χ2n) is 5.99. The molecule has 0 spiro atoms. The van der Waals surface area contributed by atoms with E-state index >= 15 is 0 Å². The first kappa shape index (κ1) is 15.6. The summed E-state index contributed by atoms with van der Waals surface area (Å²) >= 11 is 0. The van der Waals surface area contributed by atoms with E-state index in [0.717, 1.165) is 25.9 Å². The number of oxime groups is 1. The molecular formula is C12H25N5O2. The molecule has 1 aliphatic rings. The van der Waals surface area contributed by atoms with Crippen molar-refractivity contribution in [2.75, 3.05) is 19.6 Å². The Kier molecular flexibility index (Phi) is 5.41. The Morgan fingerprint density at radius 1 is 1.42 bits per heavy atom. The predicted molar refractivity (Wildman–Crippen MR) is 74.3 cm³/mol. The summed E-state index contributed by atoms with van der Waals surface area (Å²) in [5.41, 5.74) is 5.24. The molecule has 7 heteroatoms. The number of carbonyl (C=O) groups is 1. The third-order valence-corrected chi connectivity index (χ3v) is 2.93. The number of urea groups is 1. The molecule has 0 aromatic rings. The van der Waals surface area contributed by atoms with E-state index in [-0.39, 0.29) is 23.4 Å². The van der Waals surface area contributed by atoms with Crippen LogP contribution in [0.25, 0.3) is 0 Å². The van der Waals surface area contributed by atoms with Crippen LogP contribution in [0.15, 0.2) is 5.16 Å². The molecule has 110 valence electrons. The van der Waals surface area contributed by atoms with E-state index in [0.29, 0.717) is 6.54 Å². The van der Waals surface area contributed by atoms with Crippen molar-refractivity contribution >= 4 is 11.9 Å². The minimum Gasteiger partial charge on any atom is -0.409 e. The van der Waals surface area contributed by atoms with E-state index in [2.05, 4.69) is 20.7 Å². The molecule has 19 heavy (non-hydrogen) atoms. The Bertz CT molecular complexity index is 330. The molecule has 0 atom stereocenters. The van der Waals surface area contributed by atoms with Crippen LogP contribution in [0.5, 0.6) is 0 Å². The van der Waals surface area contributed by atoms with Gasteiger partial charge in [0.2, 0.25) is 0 Å². The fraction of sp³-hybridized carbons (Fsp3) is 0.833. The van der Waals surface area contributed by atoms with E-state index in [1.165, 1.54) is 0 Å². The Morgan fingerprint density at radius 2 is 2.00 bits per heavy atom. The summed E-state index contributed by atoms with van der Waals surface area (Å²) in [6, 6.07) is 0.0632. The lowest BCUT2D eigenvalue weighted by Gasteiger charge is -2.32. The first-order valence-electron chi connectivity index (χ1n) is 6.57. The summed E-state index contributed by atoms with van der Waals surface area (Å²) < 4.78 is 0. The molecule has 0 bridgehead atoms. The number of nitrogens with one attached hydrogen (secondary N) is 2. The Morgan fingerprint density at radius 3 is 2.47 bits per heavy atom. The van der Waals surface area contributed by atoms with Crippen molar-refractivity contribution in [1.29, 1.82) is 0 Å².